The van der Waals surface area contributed by atoms with Gasteiger partial charge in [0.1, 0.15) is 0 Å². The molecule has 0 saturated heterocycles. The first kappa shape index (κ1) is 18.7. The molecule has 0 aromatic carbocycles. The van der Waals surface area contributed by atoms with Crippen molar-refractivity contribution in [1.82, 2.24) is 4.90 Å². The second-order valence-corrected chi connectivity index (χ2v) is 7.82. The molecule has 0 aromatic rings. The fraction of sp³-hybridized carbons (Fsp3) is 0.579. The Labute approximate surface area is 150 Å². The van der Waals surface area contributed by atoms with Crippen LogP contribution in [0.3, 0.4) is 0 Å². The summed E-state index contributed by atoms with van der Waals surface area (Å²) in [5, 5.41) is 9.05. The van der Waals surface area contributed by atoms with E-state index in [1.165, 1.54) is 31.7 Å². The highest BCUT2D eigenvalue weighted by atomic mass is 35.5. The van der Waals surface area contributed by atoms with Crippen LogP contribution < -0.4 is 0 Å². The van der Waals surface area contributed by atoms with Gasteiger partial charge in [0.2, 0.25) is 0 Å². The SMILES string of the molecule is CCC/C=C/O.ClC1=CC=CCC1CN1CCC2=C(CCS2)C1. The van der Waals surface area contributed by atoms with Crippen LogP contribution >= 0.6 is 23.4 Å². The van der Waals surface area contributed by atoms with Crippen molar-refractivity contribution in [2.45, 2.75) is 39.0 Å². The lowest BCUT2D eigenvalue weighted by molar-refractivity contribution is 0.258. The lowest BCUT2D eigenvalue weighted by Gasteiger charge is -2.31. The van der Waals surface area contributed by atoms with Gasteiger partial charge in [-0.3, -0.25) is 4.90 Å². The number of halogens is 1. The molecular formula is C19H28ClNOS. The fourth-order valence-electron chi connectivity index (χ4n) is 3.09. The van der Waals surface area contributed by atoms with Gasteiger partial charge in [-0.15, -0.1) is 11.8 Å². The summed E-state index contributed by atoms with van der Waals surface area (Å²) in [6, 6.07) is 0. The van der Waals surface area contributed by atoms with E-state index >= 15 is 0 Å². The second kappa shape index (κ2) is 10.3. The zero-order valence-corrected chi connectivity index (χ0v) is 15.6. The van der Waals surface area contributed by atoms with Crippen LogP contribution in [0.1, 0.15) is 39.0 Å². The Balaban J connectivity index is 0.000000277. The molecule has 2 aliphatic heterocycles. The smallest absolute Gasteiger partial charge is 0.0751 e. The van der Waals surface area contributed by atoms with Crippen LogP contribution in [0.25, 0.3) is 0 Å². The van der Waals surface area contributed by atoms with Crippen LogP contribution in [-0.2, 0) is 0 Å². The Morgan fingerprint density at radius 3 is 3.00 bits per heavy atom. The molecule has 1 unspecified atom stereocenters. The van der Waals surface area contributed by atoms with Gasteiger partial charge in [-0.1, -0.05) is 43.2 Å². The summed E-state index contributed by atoms with van der Waals surface area (Å²) in [6.07, 6.45) is 15.0. The Morgan fingerprint density at radius 1 is 1.43 bits per heavy atom. The first-order chi connectivity index (χ1) is 11.2. The molecule has 0 radical (unpaired) electrons. The molecule has 0 spiro atoms. The van der Waals surface area contributed by atoms with E-state index in [-0.39, 0.29) is 0 Å². The molecule has 2 nitrogen and oxygen atoms in total. The Morgan fingerprint density at radius 2 is 2.30 bits per heavy atom. The molecule has 0 aromatic heterocycles. The van der Waals surface area contributed by atoms with Crippen molar-refractivity contribution >= 4 is 23.4 Å². The molecule has 3 aliphatic rings. The maximum atomic E-state index is 8.02. The lowest BCUT2D eigenvalue weighted by atomic mass is 9.98. The number of nitrogens with zero attached hydrogens (tertiary/aromatic N) is 1. The largest absolute Gasteiger partial charge is 0.516 e. The average Bonchev–Trinajstić information content (AvgIpc) is 3.03. The van der Waals surface area contributed by atoms with E-state index in [0.29, 0.717) is 5.92 Å². The van der Waals surface area contributed by atoms with Gasteiger partial charge in [0.05, 0.1) is 6.26 Å². The van der Waals surface area contributed by atoms with Crippen LogP contribution in [0.15, 0.2) is 46.1 Å². The first-order valence-corrected chi connectivity index (χ1v) is 9.98. The van der Waals surface area contributed by atoms with Crippen LogP contribution in [0, 0.1) is 5.92 Å². The summed E-state index contributed by atoms with van der Waals surface area (Å²) in [7, 11) is 0. The minimum Gasteiger partial charge on any atom is -0.516 e. The normalized spacial score (nSPS) is 24.4. The van der Waals surface area contributed by atoms with Crippen molar-refractivity contribution in [3.8, 4) is 0 Å². The molecule has 0 fully saturated rings. The zero-order valence-electron chi connectivity index (χ0n) is 14.0. The van der Waals surface area contributed by atoms with Gasteiger partial charge in [0.15, 0.2) is 0 Å². The maximum Gasteiger partial charge on any atom is 0.0751 e. The number of allylic oxidation sites excluding steroid dienone is 4. The summed E-state index contributed by atoms with van der Waals surface area (Å²) in [4.78, 5) is 4.27. The van der Waals surface area contributed by atoms with Gasteiger partial charge < -0.3 is 5.11 Å². The van der Waals surface area contributed by atoms with Gasteiger partial charge >= 0.3 is 0 Å². The van der Waals surface area contributed by atoms with Gasteiger partial charge in [-0.2, -0.15) is 0 Å². The third-order valence-corrected chi connectivity index (χ3v) is 6.07. The Hall–Kier alpha value is -0.640. The average molecular weight is 354 g/mol. The molecule has 0 bridgehead atoms. The first-order valence-electron chi connectivity index (χ1n) is 8.62. The Kier molecular flexibility index (Phi) is 8.35. The van der Waals surface area contributed by atoms with Crippen LogP contribution in [0.4, 0.5) is 0 Å². The van der Waals surface area contributed by atoms with E-state index in [9.17, 15) is 0 Å². The van der Waals surface area contributed by atoms with Gasteiger partial charge in [-0.25, -0.2) is 0 Å². The molecule has 3 rings (SSSR count). The maximum absolute atomic E-state index is 8.02. The lowest BCUT2D eigenvalue weighted by Crippen LogP contribution is -2.35. The molecule has 0 saturated carbocycles. The number of hydrogen-bond acceptors (Lipinski definition) is 3. The number of aliphatic hydroxyl groups excluding tert-OH is 1. The van der Waals surface area contributed by atoms with E-state index in [2.05, 4.69) is 41.8 Å². The predicted octanol–water partition coefficient (Wildman–Crippen LogP) is 5.64. The quantitative estimate of drug-likeness (QED) is 0.661. The van der Waals surface area contributed by atoms with E-state index in [1.54, 1.807) is 16.6 Å². The molecule has 23 heavy (non-hydrogen) atoms. The highest BCUT2D eigenvalue weighted by molar-refractivity contribution is 8.03. The van der Waals surface area contributed by atoms with Gasteiger partial charge in [0, 0.05) is 36.3 Å². The summed E-state index contributed by atoms with van der Waals surface area (Å²) < 4.78 is 0. The number of hydrogen-bond donors (Lipinski definition) is 1. The molecule has 2 heterocycles. The van der Waals surface area contributed by atoms with Crippen molar-refractivity contribution in [2.75, 3.05) is 25.4 Å². The molecule has 128 valence electrons. The van der Waals surface area contributed by atoms with Crippen molar-refractivity contribution in [2.24, 2.45) is 5.92 Å². The van der Waals surface area contributed by atoms with Crippen molar-refractivity contribution in [3.63, 3.8) is 0 Å². The van der Waals surface area contributed by atoms with Crippen LogP contribution in [0.2, 0.25) is 0 Å². The number of unbranched alkanes of at least 4 members (excludes halogenated alkanes) is 1. The van der Waals surface area contributed by atoms with Crippen molar-refractivity contribution in [1.29, 1.82) is 0 Å². The van der Waals surface area contributed by atoms with E-state index in [0.717, 1.165) is 37.1 Å². The predicted molar refractivity (Wildman–Crippen MR) is 103 cm³/mol. The van der Waals surface area contributed by atoms with Crippen LogP contribution in [0.5, 0.6) is 0 Å². The summed E-state index contributed by atoms with van der Waals surface area (Å²) in [5.74, 6) is 1.84. The van der Waals surface area contributed by atoms with E-state index in [4.69, 9.17) is 16.7 Å². The molecular weight excluding hydrogens is 326 g/mol. The highest BCUT2D eigenvalue weighted by Crippen LogP contribution is 2.37. The molecule has 1 N–H and O–H groups in total. The summed E-state index contributed by atoms with van der Waals surface area (Å²) in [6.45, 7) is 5.60. The number of thioether (sulfide) groups is 1. The monoisotopic (exact) mass is 353 g/mol. The molecule has 4 heteroatoms. The third kappa shape index (κ3) is 6.06. The number of rotatable bonds is 4. The van der Waals surface area contributed by atoms with E-state index in [1.807, 2.05) is 0 Å². The van der Waals surface area contributed by atoms with Gasteiger partial charge in [0.25, 0.3) is 0 Å². The zero-order chi connectivity index (χ0) is 16.5. The van der Waals surface area contributed by atoms with Crippen molar-refractivity contribution in [3.05, 3.63) is 46.1 Å². The topological polar surface area (TPSA) is 23.5 Å². The third-order valence-electron chi connectivity index (χ3n) is 4.39. The Bertz CT molecular complexity index is 496. The standard InChI is InChI=1S/C14H18ClNS.C5H10O/c15-13-4-2-1-3-11(13)9-16-7-5-14-12(10-16)6-8-17-14;1-2-3-4-5-6/h1-2,4,11H,3,5-10H2;4-6H,2-3H2,1H3/b;5-4+. The highest BCUT2D eigenvalue weighted by Gasteiger charge is 2.25. The molecule has 0 amide bonds. The summed E-state index contributed by atoms with van der Waals surface area (Å²) in [5.41, 5.74) is 1.70. The summed E-state index contributed by atoms with van der Waals surface area (Å²) >= 11 is 8.36. The fourth-order valence-corrected chi connectivity index (χ4v) is 4.52. The molecule has 1 atom stereocenters. The second-order valence-electron chi connectivity index (χ2n) is 6.20. The van der Waals surface area contributed by atoms with Gasteiger partial charge in [-0.05, 0) is 42.2 Å². The minimum atomic E-state index is 0.526. The number of aliphatic hydroxyl groups is 1. The minimum absolute atomic E-state index is 0.526. The van der Waals surface area contributed by atoms with E-state index < -0.39 is 0 Å². The molecule has 1 aliphatic carbocycles. The van der Waals surface area contributed by atoms with Crippen molar-refractivity contribution < 1.29 is 5.11 Å². The van der Waals surface area contributed by atoms with Crippen LogP contribution in [-0.4, -0.2) is 35.4 Å².